The Morgan fingerprint density at radius 2 is 1.08 bits per heavy atom. The molecule has 0 N–H and O–H groups in total. The van der Waals surface area contributed by atoms with Crippen molar-refractivity contribution in [3.8, 4) is 33.6 Å². The fraction of sp³-hybridized carbons (Fsp3) is 0.171. The molecule has 0 saturated heterocycles. The molecule has 1 aliphatic rings. The van der Waals surface area contributed by atoms with Crippen molar-refractivity contribution < 1.29 is 0 Å². The van der Waals surface area contributed by atoms with Crippen molar-refractivity contribution in [2.75, 3.05) is 0 Å². The van der Waals surface area contributed by atoms with E-state index in [1.165, 1.54) is 82.2 Å². The molecule has 0 bridgehead atoms. The lowest BCUT2D eigenvalue weighted by molar-refractivity contribution is 0.428. The van der Waals surface area contributed by atoms with E-state index in [1.807, 2.05) is 0 Å². The Morgan fingerprint density at radius 3 is 1.73 bits per heavy atom. The van der Waals surface area contributed by atoms with Crippen molar-refractivity contribution in [2.24, 2.45) is 0 Å². The SMILES string of the molecule is c1ccc(-c2c(-c3ccccc3)n3c(C4CCCCC4)nc(-c4ccccc4)c3c3ccccc23)cc1. The standard InChI is InChI=1S/C35H30N2/c1-5-15-25(16-6-1)31-29-23-13-14-24-30(29)34-32(26-17-7-2-8-18-26)36-35(28-21-11-4-12-22-28)37(34)33(31)27-19-9-3-10-20-27/h1-3,5-10,13-20,23-24,28H,4,11-12,21-22H2. The average molecular weight is 479 g/mol. The number of hydrogen-bond acceptors (Lipinski definition) is 1. The van der Waals surface area contributed by atoms with Crippen molar-refractivity contribution in [2.45, 2.75) is 38.0 Å². The summed E-state index contributed by atoms with van der Waals surface area (Å²) in [6.45, 7) is 0. The highest BCUT2D eigenvalue weighted by molar-refractivity contribution is 6.12. The Morgan fingerprint density at radius 1 is 0.541 bits per heavy atom. The molecule has 1 saturated carbocycles. The number of benzene rings is 4. The van der Waals surface area contributed by atoms with E-state index >= 15 is 0 Å². The van der Waals surface area contributed by atoms with Gasteiger partial charge in [-0.2, -0.15) is 0 Å². The third kappa shape index (κ3) is 3.76. The predicted molar refractivity (Wildman–Crippen MR) is 155 cm³/mol. The number of pyridine rings is 1. The lowest BCUT2D eigenvalue weighted by Crippen LogP contribution is -2.10. The van der Waals surface area contributed by atoms with E-state index in [0.29, 0.717) is 5.92 Å². The first-order chi connectivity index (χ1) is 18.4. The van der Waals surface area contributed by atoms with Crippen LogP contribution in [0.5, 0.6) is 0 Å². The van der Waals surface area contributed by atoms with Crippen molar-refractivity contribution in [1.82, 2.24) is 9.38 Å². The van der Waals surface area contributed by atoms with E-state index in [4.69, 9.17) is 4.98 Å². The molecule has 0 atom stereocenters. The van der Waals surface area contributed by atoms with Gasteiger partial charge >= 0.3 is 0 Å². The zero-order chi connectivity index (χ0) is 24.6. The highest BCUT2D eigenvalue weighted by Crippen LogP contribution is 2.45. The molecule has 0 radical (unpaired) electrons. The smallest absolute Gasteiger partial charge is 0.117 e. The van der Waals surface area contributed by atoms with Crippen LogP contribution in [0.15, 0.2) is 115 Å². The molecule has 2 heterocycles. The van der Waals surface area contributed by atoms with Crippen LogP contribution in [0.2, 0.25) is 0 Å². The van der Waals surface area contributed by atoms with Gasteiger partial charge in [-0.25, -0.2) is 4.98 Å². The molecular formula is C35H30N2. The maximum atomic E-state index is 5.52. The molecule has 37 heavy (non-hydrogen) atoms. The minimum atomic E-state index is 0.464. The fourth-order valence-electron chi connectivity index (χ4n) is 6.26. The van der Waals surface area contributed by atoms with Gasteiger partial charge in [0.1, 0.15) is 5.82 Å². The highest BCUT2D eigenvalue weighted by Gasteiger charge is 2.28. The maximum Gasteiger partial charge on any atom is 0.117 e. The number of imidazole rings is 1. The summed E-state index contributed by atoms with van der Waals surface area (Å²) >= 11 is 0. The van der Waals surface area contributed by atoms with Gasteiger partial charge < -0.3 is 0 Å². The first kappa shape index (κ1) is 22.1. The topological polar surface area (TPSA) is 17.3 Å². The summed E-state index contributed by atoms with van der Waals surface area (Å²) in [6.07, 6.45) is 6.29. The molecular weight excluding hydrogens is 448 g/mol. The summed E-state index contributed by atoms with van der Waals surface area (Å²) in [7, 11) is 0. The molecule has 2 heteroatoms. The summed E-state index contributed by atoms with van der Waals surface area (Å²) in [5.41, 5.74) is 8.49. The second kappa shape index (κ2) is 9.37. The third-order valence-electron chi connectivity index (χ3n) is 7.94. The van der Waals surface area contributed by atoms with Gasteiger partial charge in [0.05, 0.1) is 16.9 Å². The quantitative estimate of drug-likeness (QED) is 0.246. The molecule has 4 aromatic carbocycles. The van der Waals surface area contributed by atoms with Crippen molar-refractivity contribution in [3.05, 3.63) is 121 Å². The largest absolute Gasteiger partial charge is 0.294 e. The van der Waals surface area contributed by atoms with E-state index in [0.717, 1.165) is 5.69 Å². The first-order valence-electron chi connectivity index (χ1n) is 13.5. The summed E-state index contributed by atoms with van der Waals surface area (Å²) in [5, 5.41) is 2.53. The van der Waals surface area contributed by atoms with E-state index in [2.05, 4.69) is 120 Å². The van der Waals surface area contributed by atoms with E-state index < -0.39 is 0 Å². The van der Waals surface area contributed by atoms with Gasteiger partial charge in [-0.1, -0.05) is 135 Å². The molecule has 2 nitrogen and oxygen atoms in total. The van der Waals surface area contributed by atoms with Gasteiger partial charge in [-0.3, -0.25) is 4.40 Å². The monoisotopic (exact) mass is 478 g/mol. The molecule has 1 fully saturated rings. The van der Waals surface area contributed by atoms with E-state index in [9.17, 15) is 0 Å². The van der Waals surface area contributed by atoms with Gasteiger partial charge in [-0.05, 0) is 29.4 Å². The molecule has 2 aromatic heterocycles. The van der Waals surface area contributed by atoms with Crippen LogP contribution in [-0.2, 0) is 0 Å². The number of rotatable bonds is 4. The van der Waals surface area contributed by atoms with Gasteiger partial charge in [-0.15, -0.1) is 0 Å². The minimum Gasteiger partial charge on any atom is -0.294 e. The lowest BCUT2D eigenvalue weighted by atomic mass is 9.88. The van der Waals surface area contributed by atoms with Crippen LogP contribution >= 0.6 is 0 Å². The molecule has 0 spiro atoms. The van der Waals surface area contributed by atoms with Crippen molar-refractivity contribution >= 4 is 16.3 Å². The number of fused-ring (bicyclic) bond motifs is 3. The van der Waals surface area contributed by atoms with Crippen LogP contribution in [-0.4, -0.2) is 9.38 Å². The first-order valence-corrected chi connectivity index (χ1v) is 13.5. The summed E-state index contributed by atoms with van der Waals surface area (Å²) in [6, 6.07) is 41.5. The van der Waals surface area contributed by atoms with Gasteiger partial charge in [0.2, 0.25) is 0 Å². The third-order valence-corrected chi connectivity index (χ3v) is 7.94. The van der Waals surface area contributed by atoms with Crippen molar-refractivity contribution in [1.29, 1.82) is 0 Å². The lowest BCUT2D eigenvalue weighted by Gasteiger charge is -2.24. The molecule has 1 aliphatic carbocycles. The van der Waals surface area contributed by atoms with Gasteiger partial charge in [0.15, 0.2) is 0 Å². The van der Waals surface area contributed by atoms with Crippen LogP contribution in [0.25, 0.3) is 49.9 Å². The summed E-state index contributed by atoms with van der Waals surface area (Å²) < 4.78 is 2.54. The second-order valence-corrected chi connectivity index (χ2v) is 10.2. The van der Waals surface area contributed by atoms with Crippen LogP contribution in [0.4, 0.5) is 0 Å². The molecule has 0 aliphatic heterocycles. The Hall–Kier alpha value is -4.17. The normalized spacial score (nSPS) is 14.4. The number of nitrogens with zero attached hydrogens (tertiary/aromatic N) is 2. The maximum absolute atomic E-state index is 5.52. The zero-order valence-corrected chi connectivity index (χ0v) is 21.0. The van der Waals surface area contributed by atoms with Crippen LogP contribution in [0.3, 0.4) is 0 Å². The predicted octanol–water partition coefficient (Wildman–Crippen LogP) is 9.54. The van der Waals surface area contributed by atoms with Gasteiger partial charge in [0, 0.05) is 22.4 Å². The fourth-order valence-corrected chi connectivity index (χ4v) is 6.26. The van der Waals surface area contributed by atoms with E-state index in [1.54, 1.807) is 0 Å². The number of hydrogen-bond donors (Lipinski definition) is 0. The number of aromatic nitrogens is 2. The Kier molecular flexibility index (Phi) is 5.59. The molecule has 6 aromatic rings. The van der Waals surface area contributed by atoms with E-state index in [-0.39, 0.29) is 0 Å². The Balaban J connectivity index is 1.71. The minimum absolute atomic E-state index is 0.464. The van der Waals surface area contributed by atoms with Crippen LogP contribution < -0.4 is 0 Å². The highest BCUT2D eigenvalue weighted by atomic mass is 15.1. The summed E-state index contributed by atoms with van der Waals surface area (Å²) in [4.78, 5) is 5.52. The van der Waals surface area contributed by atoms with Crippen LogP contribution in [0, 0.1) is 0 Å². The zero-order valence-electron chi connectivity index (χ0n) is 21.0. The molecule has 0 unspecified atom stereocenters. The summed E-state index contributed by atoms with van der Waals surface area (Å²) in [5.74, 6) is 1.68. The molecule has 180 valence electrons. The average Bonchev–Trinajstić information content (AvgIpc) is 3.39. The Labute approximate surface area is 218 Å². The van der Waals surface area contributed by atoms with Crippen LogP contribution in [0.1, 0.15) is 43.8 Å². The van der Waals surface area contributed by atoms with Gasteiger partial charge in [0.25, 0.3) is 0 Å². The second-order valence-electron chi connectivity index (χ2n) is 10.2. The Bertz CT molecular complexity index is 1680. The molecule has 0 amide bonds. The molecule has 7 rings (SSSR count). The van der Waals surface area contributed by atoms with Crippen molar-refractivity contribution in [3.63, 3.8) is 0 Å².